The lowest BCUT2D eigenvalue weighted by atomic mass is 10.1. The van der Waals surface area contributed by atoms with Gasteiger partial charge in [-0.1, -0.05) is 72.3 Å². The van der Waals surface area contributed by atoms with Crippen LogP contribution in [0.4, 0.5) is 5.69 Å². The van der Waals surface area contributed by atoms with Crippen molar-refractivity contribution in [3.63, 3.8) is 0 Å². The fourth-order valence-corrected chi connectivity index (χ4v) is 4.66. The van der Waals surface area contributed by atoms with Gasteiger partial charge >= 0.3 is 0 Å². The summed E-state index contributed by atoms with van der Waals surface area (Å²) >= 11 is 7.77. The van der Waals surface area contributed by atoms with E-state index in [9.17, 15) is 9.59 Å². The summed E-state index contributed by atoms with van der Waals surface area (Å²) in [6, 6.07) is 24.4. The third-order valence-electron chi connectivity index (χ3n) is 4.76. The van der Waals surface area contributed by atoms with E-state index in [2.05, 4.69) is 5.32 Å². The minimum absolute atomic E-state index is 0.169. The highest BCUT2D eigenvalue weighted by Crippen LogP contribution is 2.35. The zero-order valence-electron chi connectivity index (χ0n) is 16.3. The van der Waals surface area contributed by atoms with Crippen LogP contribution in [0.1, 0.15) is 25.6 Å². The second-order valence-corrected chi connectivity index (χ2v) is 8.32. The minimum atomic E-state index is -0.327. The maximum atomic E-state index is 13.0. The number of para-hydroxylation sites is 1. The molecule has 0 unspecified atom stereocenters. The van der Waals surface area contributed by atoms with Gasteiger partial charge in [-0.3, -0.25) is 9.59 Å². The molecule has 0 aliphatic heterocycles. The van der Waals surface area contributed by atoms with E-state index in [-0.39, 0.29) is 11.8 Å². The normalized spacial score (nSPS) is 10.7. The number of amides is 2. The summed E-state index contributed by atoms with van der Waals surface area (Å²) in [5.74, 6) is -0.496. The predicted octanol–water partition coefficient (Wildman–Crippen LogP) is 6.08. The Labute approximate surface area is 183 Å². The van der Waals surface area contributed by atoms with Crippen molar-refractivity contribution in [3.05, 3.63) is 99.9 Å². The molecule has 0 fully saturated rings. The number of carbonyl (C=O) groups is 2. The van der Waals surface area contributed by atoms with Crippen molar-refractivity contribution in [2.75, 3.05) is 12.4 Å². The van der Waals surface area contributed by atoms with E-state index >= 15 is 0 Å². The van der Waals surface area contributed by atoms with Gasteiger partial charge in [0.25, 0.3) is 11.8 Å². The Bertz CT molecular complexity index is 1220. The highest BCUT2D eigenvalue weighted by Gasteiger charge is 2.21. The Morgan fingerprint density at radius 1 is 0.933 bits per heavy atom. The second-order valence-electron chi connectivity index (χ2n) is 6.89. The standard InChI is InChI=1S/C24H19ClN2O2S/c1-27(15-16-9-3-2-4-10-16)24(29)17-11-5-7-13-19(17)26-23(28)22-21(25)18-12-6-8-14-20(18)30-22/h2-14H,15H2,1H3,(H,26,28). The zero-order valence-corrected chi connectivity index (χ0v) is 17.8. The average Bonchev–Trinajstić information content (AvgIpc) is 3.11. The molecule has 1 N–H and O–H groups in total. The van der Waals surface area contributed by atoms with Crippen molar-refractivity contribution in [3.8, 4) is 0 Å². The number of hydrogen-bond donors (Lipinski definition) is 1. The Morgan fingerprint density at radius 2 is 1.60 bits per heavy atom. The lowest BCUT2D eigenvalue weighted by molar-refractivity contribution is 0.0786. The van der Waals surface area contributed by atoms with Gasteiger partial charge in [0.2, 0.25) is 0 Å². The first kappa shape index (κ1) is 20.1. The molecule has 0 saturated heterocycles. The molecule has 4 aromatic rings. The van der Waals surface area contributed by atoms with Crippen LogP contribution < -0.4 is 5.32 Å². The van der Waals surface area contributed by atoms with Crippen LogP contribution in [0.2, 0.25) is 5.02 Å². The van der Waals surface area contributed by atoms with Crippen molar-refractivity contribution >= 4 is 50.5 Å². The number of rotatable bonds is 5. The maximum absolute atomic E-state index is 13.0. The topological polar surface area (TPSA) is 49.4 Å². The number of halogens is 1. The van der Waals surface area contributed by atoms with Gasteiger partial charge in [0, 0.05) is 23.7 Å². The molecule has 150 valence electrons. The van der Waals surface area contributed by atoms with Crippen LogP contribution in [0.5, 0.6) is 0 Å². The molecule has 0 aliphatic rings. The molecular weight excluding hydrogens is 416 g/mol. The fraction of sp³-hybridized carbons (Fsp3) is 0.0833. The van der Waals surface area contributed by atoms with E-state index < -0.39 is 0 Å². The molecule has 0 bridgehead atoms. The largest absolute Gasteiger partial charge is 0.337 e. The van der Waals surface area contributed by atoms with Gasteiger partial charge in [0.15, 0.2) is 0 Å². The molecule has 0 aliphatic carbocycles. The Balaban J connectivity index is 1.57. The van der Waals surface area contributed by atoms with Gasteiger partial charge in [0.05, 0.1) is 16.3 Å². The summed E-state index contributed by atoms with van der Waals surface area (Å²) in [6.45, 7) is 0.476. The zero-order chi connectivity index (χ0) is 21.1. The first-order chi connectivity index (χ1) is 14.5. The summed E-state index contributed by atoms with van der Waals surface area (Å²) in [6.07, 6.45) is 0. The van der Waals surface area contributed by atoms with Crippen LogP contribution >= 0.6 is 22.9 Å². The first-order valence-corrected chi connectivity index (χ1v) is 10.6. The van der Waals surface area contributed by atoms with Crippen LogP contribution in [-0.2, 0) is 6.54 Å². The SMILES string of the molecule is CN(Cc1ccccc1)C(=O)c1ccccc1NC(=O)c1sc2ccccc2c1Cl. The fourth-order valence-electron chi connectivity index (χ4n) is 3.25. The van der Waals surface area contributed by atoms with E-state index in [1.807, 2.05) is 54.6 Å². The van der Waals surface area contributed by atoms with Gasteiger partial charge < -0.3 is 10.2 Å². The molecule has 6 heteroatoms. The number of nitrogens with zero attached hydrogens (tertiary/aromatic N) is 1. The molecule has 3 aromatic carbocycles. The quantitative estimate of drug-likeness (QED) is 0.414. The molecule has 4 rings (SSSR count). The van der Waals surface area contributed by atoms with Gasteiger partial charge in [-0.2, -0.15) is 0 Å². The second kappa shape index (κ2) is 8.69. The predicted molar refractivity (Wildman–Crippen MR) is 123 cm³/mol. The molecule has 1 aromatic heterocycles. The monoisotopic (exact) mass is 434 g/mol. The van der Waals surface area contributed by atoms with Crippen LogP contribution in [0.25, 0.3) is 10.1 Å². The van der Waals surface area contributed by atoms with E-state index in [4.69, 9.17) is 11.6 Å². The van der Waals surface area contributed by atoms with Crippen molar-refractivity contribution in [2.45, 2.75) is 6.54 Å². The van der Waals surface area contributed by atoms with Crippen molar-refractivity contribution in [2.24, 2.45) is 0 Å². The van der Waals surface area contributed by atoms with Gasteiger partial charge in [0.1, 0.15) is 4.88 Å². The summed E-state index contributed by atoms with van der Waals surface area (Å²) in [5.41, 5.74) is 1.93. The number of fused-ring (bicyclic) bond motifs is 1. The van der Waals surface area contributed by atoms with Crippen molar-refractivity contribution in [1.82, 2.24) is 4.90 Å². The van der Waals surface area contributed by atoms with Crippen LogP contribution in [0.15, 0.2) is 78.9 Å². The summed E-state index contributed by atoms with van der Waals surface area (Å²) < 4.78 is 0.944. The van der Waals surface area contributed by atoms with E-state index in [1.54, 1.807) is 36.2 Å². The molecule has 30 heavy (non-hydrogen) atoms. The highest BCUT2D eigenvalue weighted by atomic mass is 35.5. The van der Waals surface area contributed by atoms with Crippen molar-refractivity contribution < 1.29 is 9.59 Å². The van der Waals surface area contributed by atoms with Crippen molar-refractivity contribution in [1.29, 1.82) is 0 Å². The molecule has 1 heterocycles. The summed E-state index contributed by atoms with van der Waals surface area (Å²) in [7, 11) is 1.75. The smallest absolute Gasteiger partial charge is 0.267 e. The minimum Gasteiger partial charge on any atom is -0.337 e. The third-order valence-corrected chi connectivity index (χ3v) is 6.43. The third kappa shape index (κ3) is 4.08. The lowest BCUT2D eigenvalue weighted by Crippen LogP contribution is -2.27. The van der Waals surface area contributed by atoms with Crippen LogP contribution in [0.3, 0.4) is 0 Å². The molecule has 2 amide bonds. The lowest BCUT2D eigenvalue weighted by Gasteiger charge is -2.19. The Morgan fingerprint density at radius 3 is 2.37 bits per heavy atom. The van der Waals surface area contributed by atoms with Crippen LogP contribution in [-0.4, -0.2) is 23.8 Å². The number of hydrogen-bond acceptors (Lipinski definition) is 3. The number of nitrogens with one attached hydrogen (secondary N) is 1. The number of thiophene rings is 1. The van der Waals surface area contributed by atoms with Gasteiger partial charge in [-0.25, -0.2) is 0 Å². The van der Waals surface area contributed by atoms with Gasteiger partial charge in [-0.05, 0) is 23.8 Å². The van der Waals surface area contributed by atoms with E-state index in [0.717, 1.165) is 15.6 Å². The highest BCUT2D eigenvalue weighted by molar-refractivity contribution is 7.21. The Hall–Kier alpha value is -3.15. The molecule has 0 radical (unpaired) electrons. The average molecular weight is 435 g/mol. The summed E-state index contributed by atoms with van der Waals surface area (Å²) in [4.78, 5) is 28.0. The number of anilines is 1. The van der Waals surface area contributed by atoms with E-state index in [1.165, 1.54) is 11.3 Å². The maximum Gasteiger partial charge on any atom is 0.267 e. The number of benzene rings is 3. The molecular formula is C24H19ClN2O2S. The molecule has 0 saturated carbocycles. The molecule has 0 atom stereocenters. The number of carbonyl (C=O) groups excluding carboxylic acids is 2. The Kier molecular flexibility index (Phi) is 5.84. The summed E-state index contributed by atoms with van der Waals surface area (Å²) in [5, 5.41) is 4.14. The molecule has 0 spiro atoms. The molecule has 4 nitrogen and oxygen atoms in total. The first-order valence-electron chi connectivity index (χ1n) is 9.41. The van der Waals surface area contributed by atoms with Crippen LogP contribution in [0, 0.1) is 0 Å². The van der Waals surface area contributed by atoms with E-state index in [0.29, 0.717) is 27.7 Å². The van der Waals surface area contributed by atoms with Gasteiger partial charge in [-0.15, -0.1) is 11.3 Å².